The lowest BCUT2D eigenvalue weighted by Gasteiger charge is -2.19. The third kappa shape index (κ3) is 5.42. The summed E-state index contributed by atoms with van der Waals surface area (Å²) in [5.41, 5.74) is 19.8. The van der Waals surface area contributed by atoms with Crippen LogP contribution in [-0.4, -0.2) is 13.7 Å². The molecule has 1 aliphatic rings. The third-order valence-electron chi connectivity index (χ3n) is 14.3. The van der Waals surface area contributed by atoms with E-state index in [9.17, 15) is 10.5 Å². The van der Waals surface area contributed by atoms with Crippen molar-refractivity contribution >= 4 is 65.4 Å². The summed E-state index contributed by atoms with van der Waals surface area (Å²) < 4.78 is 7.27. The van der Waals surface area contributed by atoms with Crippen molar-refractivity contribution in [1.82, 2.24) is 13.7 Å². The Morgan fingerprint density at radius 1 is 0.353 bits per heavy atom. The lowest BCUT2D eigenvalue weighted by atomic mass is 9.93. The van der Waals surface area contributed by atoms with Crippen molar-refractivity contribution in [3.05, 3.63) is 235 Å². The Morgan fingerprint density at radius 2 is 1.06 bits per heavy atom. The van der Waals surface area contributed by atoms with Crippen molar-refractivity contribution < 1.29 is 0 Å². The van der Waals surface area contributed by atoms with E-state index in [0.717, 1.165) is 67.8 Å². The second kappa shape index (κ2) is 14.5. The van der Waals surface area contributed by atoms with Crippen LogP contribution >= 0.6 is 0 Å². The van der Waals surface area contributed by atoms with E-state index in [-0.39, 0.29) is 0 Å². The van der Waals surface area contributed by atoms with E-state index in [0.29, 0.717) is 11.1 Å². The summed E-state index contributed by atoms with van der Waals surface area (Å²) in [6.07, 6.45) is 0.869. The van der Waals surface area contributed by atoms with E-state index in [1.165, 1.54) is 65.6 Å². The first kappa shape index (κ1) is 37.9. The van der Waals surface area contributed by atoms with E-state index in [2.05, 4.69) is 202 Å². The summed E-state index contributed by atoms with van der Waals surface area (Å²) >= 11 is 0. The fraction of sp³-hybridized carbons (Fsp3) is 0.0159. The Kier molecular flexibility index (Phi) is 8.11. The van der Waals surface area contributed by atoms with Gasteiger partial charge in [-0.2, -0.15) is 10.5 Å². The van der Waals surface area contributed by atoms with E-state index in [1.54, 1.807) is 0 Å². The van der Waals surface area contributed by atoms with Crippen LogP contribution in [0.25, 0.3) is 116 Å². The van der Waals surface area contributed by atoms with Gasteiger partial charge in [0.1, 0.15) is 0 Å². The van der Waals surface area contributed by atoms with Crippen LogP contribution in [0.4, 0.5) is 0 Å². The lowest BCUT2D eigenvalue weighted by Crippen LogP contribution is -2.02. The second-order valence-electron chi connectivity index (χ2n) is 17.9. The van der Waals surface area contributed by atoms with Gasteiger partial charge in [0.25, 0.3) is 0 Å². The van der Waals surface area contributed by atoms with E-state index < -0.39 is 0 Å². The molecule has 0 atom stereocenters. The molecule has 0 saturated heterocycles. The van der Waals surface area contributed by atoms with Gasteiger partial charge in [0.2, 0.25) is 0 Å². The summed E-state index contributed by atoms with van der Waals surface area (Å²) in [6.45, 7) is 0. The number of nitrogens with zero attached hydrogens (tertiary/aromatic N) is 5. The zero-order chi connectivity index (χ0) is 45.0. The monoisotopic (exact) mass is 863 g/mol. The van der Waals surface area contributed by atoms with Crippen molar-refractivity contribution in [2.45, 2.75) is 6.42 Å². The molecule has 10 aromatic carbocycles. The molecule has 5 nitrogen and oxygen atoms in total. The van der Waals surface area contributed by atoms with Gasteiger partial charge in [0, 0.05) is 54.8 Å². The smallest absolute Gasteiger partial charge is 0.0998 e. The van der Waals surface area contributed by atoms with Crippen LogP contribution in [-0.2, 0) is 6.42 Å². The molecule has 0 spiro atoms. The number of nitriles is 2. The molecule has 1 aliphatic carbocycles. The average Bonchev–Trinajstić information content (AvgIpc) is 4.14. The van der Waals surface area contributed by atoms with Crippen LogP contribution in [0.5, 0.6) is 0 Å². The maximum atomic E-state index is 10.9. The van der Waals surface area contributed by atoms with Gasteiger partial charge in [-0.25, -0.2) is 0 Å². The van der Waals surface area contributed by atoms with Crippen LogP contribution in [0.3, 0.4) is 0 Å². The number of benzene rings is 10. The molecule has 314 valence electrons. The van der Waals surface area contributed by atoms with Crippen molar-refractivity contribution in [1.29, 1.82) is 10.5 Å². The van der Waals surface area contributed by atoms with Crippen LogP contribution in [0.15, 0.2) is 212 Å². The van der Waals surface area contributed by atoms with Crippen LogP contribution in [0.1, 0.15) is 22.3 Å². The Morgan fingerprint density at radius 3 is 1.87 bits per heavy atom. The van der Waals surface area contributed by atoms with E-state index in [1.807, 2.05) is 36.4 Å². The molecule has 0 amide bonds. The zero-order valence-electron chi connectivity index (χ0n) is 36.7. The van der Waals surface area contributed by atoms with E-state index >= 15 is 0 Å². The predicted octanol–water partition coefficient (Wildman–Crippen LogP) is 15.6. The maximum Gasteiger partial charge on any atom is 0.0998 e. The van der Waals surface area contributed by atoms with Gasteiger partial charge in [-0.05, 0) is 125 Å². The van der Waals surface area contributed by atoms with Gasteiger partial charge in [-0.15, -0.1) is 0 Å². The molecule has 13 aromatic rings. The Hall–Kier alpha value is -9.42. The largest absolute Gasteiger partial charge is 0.309 e. The molecule has 0 radical (unpaired) electrons. The number of rotatable bonds is 5. The van der Waals surface area contributed by atoms with Crippen molar-refractivity contribution in [2.24, 2.45) is 0 Å². The minimum Gasteiger partial charge on any atom is -0.309 e. The maximum absolute atomic E-state index is 10.9. The van der Waals surface area contributed by atoms with Crippen molar-refractivity contribution in [3.63, 3.8) is 0 Å². The average molecular weight is 864 g/mol. The minimum absolute atomic E-state index is 0.573. The number of para-hydroxylation sites is 4. The highest BCUT2D eigenvalue weighted by atomic mass is 15.0. The van der Waals surface area contributed by atoms with Gasteiger partial charge < -0.3 is 13.7 Å². The number of hydrogen-bond donors (Lipinski definition) is 0. The van der Waals surface area contributed by atoms with Crippen LogP contribution < -0.4 is 0 Å². The highest BCUT2D eigenvalue weighted by Gasteiger charge is 2.26. The first-order chi connectivity index (χ1) is 33.6. The van der Waals surface area contributed by atoms with Gasteiger partial charge in [-0.3, -0.25) is 0 Å². The number of hydrogen-bond acceptors (Lipinski definition) is 2. The summed E-state index contributed by atoms with van der Waals surface area (Å²) in [4.78, 5) is 0. The molecule has 0 N–H and O–H groups in total. The Labute approximate surface area is 391 Å². The minimum atomic E-state index is 0.573. The van der Waals surface area contributed by atoms with Crippen molar-refractivity contribution in [2.75, 3.05) is 0 Å². The van der Waals surface area contributed by atoms with Crippen LogP contribution in [0.2, 0.25) is 0 Å². The summed E-state index contributed by atoms with van der Waals surface area (Å²) in [5.74, 6) is 0. The molecule has 0 fully saturated rings. The van der Waals surface area contributed by atoms with Gasteiger partial charge in [0.15, 0.2) is 0 Å². The molecule has 5 heteroatoms. The quantitative estimate of drug-likeness (QED) is 0.173. The summed E-state index contributed by atoms with van der Waals surface area (Å²) in [5, 5.41) is 27.8. The molecule has 14 rings (SSSR count). The number of aromatic nitrogens is 3. The topological polar surface area (TPSA) is 62.4 Å². The summed E-state index contributed by atoms with van der Waals surface area (Å²) in [6, 6.07) is 80.3. The molecule has 0 unspecified atom stereocenters. The van der Waals surface area contributed by atoms with Crippen molar-refractivity contribution in [3.8, 4) is 62.6 Å². The zero-order valence-corrected chi connectivity index (χ0v) is 36.7. The summed E-state index contributed by atoms with van der Waals surface area (Å²) in [7, 11) is 0. The second-order valence-corrected chi connectivity index (χ2v) is 17.9. The number of fused-ring (bicyclic) bond motifs is 13. The third-order valence-corrected chi connectivity index (χ3v) is 14.3. The van der Waals surface area contributed by atoms with E-state index in [4.69, 9.17) is 0 Å². The molecule has 3 aromatic heterocycles. The molecular formula is C63H37N5. The van der Waals surface area contributed by atoms with Crippen LogP contribution in [0, 0.1) is 22.7 Å². The Bertz CT molecular complexity index is 4370. The first-order valence-electron chi connectivity index (χ1n) is 23.0. The highest BCUT2D eigenvalue weighted by Crippen LogP contribution is 2.46. The molecule has 0 bridgehead atoms. The molecule has 0 aliphatic heterocycles. The SMILES string of the molecule is N#Cc1cccc(-c2ccc(C#N)c(-c3ccc(-n4c5ccccc5c5c4ccc4c6ccccc6n(-c6ccccc6)c45)cc3-n3c4ccccc4c4cc5c(cc43)Cc3ccccc3-5)c2)c1. The molecule has 3 heterocycles. The molecule has 0 saturated carbocycles. The van der Waals surface area contributed by atoms with Gasteiger partial charge in [0.05, 0.1) is 62.1 Å². The Balaban J connectivity index is 1.10. The van der Waals surface area contributed by atoms with Gasteiger partial charge >= 0.3 is 0 Å². The predicted molar refractivity (Wildman–Crippen MR) is 278 cm³/mol. The fourth-order valence-corrected chi connectivity index (χ4v) is 11.4. The first-order valence-corrected chi connectivity index (χ1v) is 23.0. The highest BCUT2D eigenvalue weighted by molar-refractivity contribution is 6.26. The normalized spacial score (nSPS) is 12.0. The lowest BCUT2D eigenvalue weighted by molar-refractivity contribution is 1.13. The van der Waals surface area contributed by atoms with Gasteiger partial charge in [-0.1, -0.05) is 127 Å². The fourth-order valence-electron chi connectivity index (χ4n) is 11.4. The molecular weight excluding hydrogens is 827 g/mol. The standard InChI is InChI=1S/C63H37N5/c64-37-39-13-12-15-40(31-39)41-25-26-43(38-65)53(33-41)50-28-27-46(35-61(50)68-57-23-10-7-20-49(57)55-36-54-44(34-60(55)68)32-42-14-4-5-18-47(42)54)66-58-24-11-8-21-52(58)62-59(66)30-29-51-48-19-6-9-22-56(48)67(63(51)62)45-16-2-1-3-17-45/h1-31,33-36H,32H2. The molecule has 68 heavy (non-hydrogen) atoms.